The van der Waals surface area contributed by atoms with Crippen LogP contribution in [0.5, 0.6) is 5.75 Å². The molecule has 11 heteroatoms. The second-order valence-corrected chi connectivity index (χ2v) is 9.45. The molecule has 0 radical (unpaired) electrons. The minimum absolute atomic E-state index is 0.0386. The number of carboxylic acids is 1. The first-order chi connectivity index (χ1) is 19.3. The Kier molecular flexibility index (Phi) is 6.74. The minimum atomic E-state index is -4.66. The number of phenols is 1. The monoisotopic (exact) mass is 563 g/mol. The van der Waals surface area contributed by atoms with Gasteiger partial charge in [-0.3, -0.25) is 15.1 Å². The van der Waals surface area contributed by atoms with Crippen LogP contribution in [0.1, 0.15) is 32.6 Å². The lowest BCUT2D eigenvalue weighted by Crippen LogP contribution is -2.26. The van der Waals surface area contributed by atoms with Crippen molar-refractivity contribution in [1.29, 1.82) is 0 Å². The molecule has 0 spiro atoms. The molecule has 0 fully saturated rings. The van der Waals surface area contributed by atoms with Crippen molar-refractivity contribution >= 4 is 34.7 Å². The molecule has 41 heavy (non-hydrogen) atoms. The number of benzene rings is 4. The maximum atomic E-state index is 14.6. The molecule has 3 N–H and O–H groups in total. The van der Waals surface area contributed by atoms with Crippen molar-refractivity contribution in [2.45, 2.75) is 20.0 Å². The fraction of sp³-hybridized carbons (Fsp3) is 0.100. The number of nitrogens with zero attached hydrogens (tertiary/aromatic N) is 2. The van der Waals surface area contributed by atoms with Gasteiger partial charge in [0.2, 0.25) is 0 Å². The van der Waals surface area contributed by atoms with E-state index in [1.807, 2.05) is 6.92 Å². The summed E-state index contributed by atoms with van der Waals surface area (Å²) in [5.74, 6) is -3.23. The molecule has 0 saturated heterocycles. The molecular formula is C30H21F4N3O4. The predicted octanol–water partition coefficient (Wildman–Crippen LogP) is 7.03. The van der Waals surface area contributed by atoms with Crippen LogP contribution in [0.4, 0.5) is 34.6 Å². The summed E-state index contributed by atoms with van der Waals surface area (Å²) in [5.41, 5.74) is 3.21. The van der Waals surface area contributed by atoms with Crippen molar-refractivity contribution < 1.29 is 37.4 Å². The van der Waals surface area contributed by atoms with Crippen molar-refractivity contribution in [3.8, 4) is 16.9 Å². The molecule has 0 aromatic heterocycles. The number of hydrogen-bond acceptors (Lipinski definition) is 5. The first-order valence-electron chi connectivity index (χ1n) is 12.2. The van der Waals surface area contributed by atoms with E-state index in [1.165, 1.54) is 24.3 Å². The zero-order valence-electron chi connectivity index (χ0n) is 21.5. The van der Waals surface area contributed by atoms with Crippen LogP contribution in [0.25, 0.3) is 11.1 Å². The van der Waals surface area contributed by atoms with Crippen LogP contribution in [-0.2, 0) is 11.0 Å². The van der Waals surface area contributed by atoms with E-state index in [2.05, 4.69) is 10.5 Å². The summed E-state index contributed by atoms with van der Waals surface area (Å²) >= 11 is 0. The van der Waals surface area contributed by atoms with Gasteiger partial charge in [-0.1, -0.05) is 18.2 Å². The van der Waals surface area contributed by atoms with Gasteiger partial charge >= 0.3 is 12.1 Å². The number of anilines is 3. The first-order valence-corrected chi connectivity index (χ1v) is 12.2. The van der Waals surface area contributed by atoms with Crippen molar-refractivity contribution in [3.63, 3.8) is 0 Å². The smallest absolute Gasteiger partial charge is 0.416 e. The van der Waals surface area contributed by atoms with E-state index in [-0.39, 0.29) is 39.3 Å². The molecule has 0 aliphatic carbocycles. The normalized spacial score (nSPS) is 14.0. The van der Waals surface area contributed by atoms with E-state index in [0.717, 1.165) is 46.4 Å². The number of alkyl halides is 3. The zero-order chi connectivity index (χ0) is 29.6. The molecule has 0 bridgehead atoms. The topological polar surface area (TPSA) is 102 Å². The summed E-state index contributed by atoms with van der Waals surface area (Å²) in [6.07, 6.45) is -4.66. The fourth-order valence-electron chi connectivity index (χ4n) is 4.49. The van der Waals surface area contributed by atoms with Gasteiger partial charge in [0.1, 0.15) is 17.3 Å². The number of carbonyl (C=O) groups is 2. The Labute approximate surface area is 231 Å². The molecular weight excluding hydrogens is 542 g/mol. The molecule has 0 unspecified atom stereocenters. The number of rotatable bonds is 5. The maximum Gasteiger partial charge on any atom is 0.416 e. The summed E-state index contributed by atoms with van der Waals surface area (Å²) < 4.78 is 55.2. The van der Waals surface area contributed by atoms with Crippen molar-refractivity contribution in [3.05, 3.63) is 106 Å². The van der Waals surface area contributed by atoms with E-state index >= 15 is 0 Å². The highest BCUT2D eigenvalue weighted by molar-refractivity contribution is 6.55. The van der Waals surface area contributed by atoms with Gasteiger partial charge < -0.3 is 10.2 Å². The number of aryl methyl sites for hydroxylation is 2. The Balaban J connectivity index is 1.59. The van der Waals surface area contributed by atoms with Crippen LogP contribution in [0.3, 0.4) is 0 Å². The van der Waals surface area contributed by atoms with Gasteiger partial charge in [0.25, 0.3) is 5.91 Å². The summed E-state index contributed by atoms with van der Waals surface area (Å²) in [7, 11) is 0. The molecule has 1 amide bonds. The minimum Gasteiger partial charge on any atom is -0.505 e. The van der Waals surface area contributed by atoms with E-state index in [0.29, 0.717) is 5.69 Å². The van der Waals surface area contributed by atoms with Crippen LogP contribution in [-0.4, -0.2) is 27.8 Å². The Bertz CT molecular complexity index is 1770. The van der Waals surface area contributed by atoms with Gasteiger partial charge in [-0.2, -0.15) is 18.3 Å². The van der Waals surface area contributed by atoms with Crippen LogP contribution >= 0.6 is 0 Å². The van der Waals surface area contributed by atoms with Crippen LogP contribution < -0.4 is 10.3 Å². The summed E-state index contributed by atoms with van der Waals surface area (Å²) in [6.45, 7) is 3.66. The molecule has 5 rings (SSSR count). The Morgan fingerprint density at radius 3 is 2.37 bits per heavy atom. The number of aromatic carboxylic acids is 1. The molecule has 208 valence electrons. The van der Waals surface area contributed by atoms with E-state index < -0.39 is 35.2 Å². The second-order valence-electron chi connectivity index (χ2n) is 9.45. The van der Waals surface area contributed by atoms with Crippen LogP contribution in [0.15, 0.2) is 77.9 Å². The highest BCUT2D eigenvalue weighted by atomic mass is 19.4. The molecule has 1 aliphatic rings. The van der Waals surface area contributed by atoms with Gasteiger partial charge in [0.05, 0.1) is 16.8 Å². The standard InChI is InChI=1S/C30H21F4N3O4/c1-15-6-8-21(10-16(15)2)37-25-12-19(30(32,33)34)7-9-22(25)26(28(37)39)36-35-24-14-20(31)13-23(27(24)38)17-4-3-5-18(11-17)29(40)41/h3-14,35,38H,1-2H3,(H,40,41). The number of carbonyl (C=O) groups excluding carboxylic acids is 1. The lowest BCUT2D eigenvalue weighted by Gasteiger charge is -2.19. The van der Waals surface area contributed by atoms with Crippen molar-refractivity contribution in [1.82, 2.24) is 0 Å². The first kappa shape index (κ1) is 27.4. The largest absolute Gasteiger partial charge is 0.505 e. The average Bonchev–Trinajstić information content (AvgIpc) is 3.20. The number of aromatic hydroxyl groups is 1. The summed E-state index contributed by atoms with van der Waals surface area (Å²) in [5, 5.41) is 24.2. The number of hydrogen-bond donors (Lipinski definition) is 3. The summed E-state index contributed by atoms with van der Waals surface area (Å²) in [6, 6.07) is 15.3. The number of fused-ring (bicyclic) bond motifs is 1. The average molecular weight is 564 g/mol. The highest BCUT2D eigenvalue weighted by Crippen LogP contribution is 2.41. The second kappa shape index (κ2) is 10.1. The van der Waals surface area contributed by atoms with Crippen LogP contribution in [0, 0.1) is 19.7 Å². The third-order valence-electron chi connectivity index (χ3n) is 6.76. The lowest BCUT2D eigenvalue weighted by atomic mass is 10.0. The Hall–Kier alpha value is -5.19. The predicted molar refractivity (Wildman–Crippen MR) is 145 cm³/mol. The van der Waals surface area contributed by atoms with Gasteiger partial charge in [-0.05, 0) is 79.1 Å². The fourth-order valence-corrected chi connectivity index (χ4v) is 4.49. The van der Waals surface area contributed by atoms with Gasteiger partial charge in [0.15, 0.2) is 5.71 Å². The van der Waals surface area contributed by atoms with E-state index in [4.69, 9.17) is 0 Å². The molecule has 0 atom stereocenters. The number of nitrogens with one attached hydrogen (secondary N) is 1. The quantitative estimate of drug-likeness (QED) is 0.138. The third-order valence-corrected chi connectivity index (χ3v) is 6.76. The molecule has 7 nitrogen and oxygen atoms in total. The zero-order valence-corrected chi connectivity index (χ0v) is 21.5. The van der Waals surface area contributed by atoms with Gasteiger partial charge in [-0.15, -0.1) is 0 Å². The van der Waals surface area contributed by atoms with E-state index in [1.54, 1.807) is 25.1 Å². The van der Waals surface area contributed by atoms with Crippen molar-refractivity contribution in [2.75, 3.05) is 10.3 Å². The molecule has 4 aromatic carbocycles. The molecule has 1 aliphatic heterocycles. The number of hydrazone groups is 1. The Morgan fingerprint density at radius 1 is 0.927 bits per heavy atom. The third kappa shape index (κ3) is 5.09. The van der Waals surface area contributed by atoms with E-state index in [9.17, 15) is 37.4 Å². The molecule has 1 heterocycles. The Morgan fingerprint density at radius 2 is 1.68 bits per heavy atom. The number of halogens is 4. The SMILES string of the molecule is Cc1ccc(N2C(=O)C(=NNc3cc(F)cc(-c4cccc(C(=O)O)c4)c3O)c3ccc(C(F)(F)F)cc32)cc1C. The van der Waals surface area contributed by atoms with Gasteiger partial charge in [-0.25, -0.2) is 9.18 Å². The van der Waals surface area contributed by atoms with Crippen molar-refractivity contribution in [2.24, 2.45) is 5.10 Å². The number of carboxylic acid groups (broad SMARTS) is 1. The molecule has 4 aromatic rings. The highest BCUT2D eigenvalue weighted by Gasteiger charge is 2.39. The number of amides is 1. The lowest BCUT2D eigenvalue weighted by molar-refractivity contribution is -0.137. The molecule has 0 saturated carbocycles. The summed E-state index contributed by atoms with van der Waals surface area (Å²) in [4.78, 5) is 26.0. The number of phenolic OH excluding ortho intramolecular Hbond substituents is 1. The van der Waals surface area contributed by atoms with Gasteiger partial charge in [0, 0.05) is 22.9 Å². The maximum absolute atomic E-state index is 14.6. The van der Waals surface area contributed by atoms with Crippen LogP contribution in [0.2, 0.25) is 0 Å².